The second kappa shape index (κ2) is 9.01. The molecular weight excluding hydrogens is 404 g/mol. The summed E-state index contributed by atoms with van der Waals surface area (Å²) in [6.45, 7) is 4.28. The van der Waals surface area contributed by atoms with Crippen LogP contribution in [0.25, 0.3) is 11.2 Å². The monoisotopic (exact) mass is 428 g/mol. The third-order valence-corrected chi connectivity index (χ3v) is 5.32. The van der Waals surface area contributed by atoms with E-state index in [-0.39, 0.29) is 19.0 Å². The van der Waals surface area contributed by atoms with Gasteiger partial charge in [0, 0.05) is 12.7 Å². The molecular formula is C25H24N4O3. The number of pyridine rings is 1. The van der Waals surface area contributed by atoms with Crippen LogP contribution in [-0.2, 0) is 24.4 Å². The van der Waals surface area contributed by atoms with Crippen molar-refractivity contribution in [3.05, 3.63) is 110 Å². The van der Waals surface area contributed by atoms with Crippen molar-refractivity contribution in [2.24, 2.45) is 0 Å². The van der Waals surface area contributed by atoms with Gasteiger partial charge in [0.2, 0.25) is 5.91 Å². The summed E-state index contributed by atoms with van der Waals surface area (Å²) in [7, 11) is 0. The van der Waals surface area contributed by atoms with Gasteiger partial charge in [-0.2, -0.15) is 0 Å². The van der Waals surface area contributed by atoms with Gasteiger partial charge in [-0.3, -0.25) is 23.5 Å². The van der Waals surface area contributed by atoms with Crippen LogP contribution in [0.5, 0.6) is 0 Å². The van der Waals surface area contributed by atoms with Crippen molar-refractivity contribution >= 4 is 17.1 Å². The van der Waals surface area contributed by atoms with Crippen LogP contribution in [0.2, 0.25) is 0 Å². The van der Waals surface area contributed by atoms with Crippen LogP contribution >= 0.6 is 0 Å². The van der Waals surface area contributed by atoms with Crippen molar-refractivity contribution in [2.75, 3.05) is 0 Å². The van der Waals surface area contributed by atoms with Gasteiger partial charge in [-0.1, -0.05) is 59.7 Å². The largest absolute Gasteiger partial charge is 0.350 e. The van der Waals surface area contributed by atoms with Crippen LogP contribution in [-0.4, -0.2) is 20.0 Å². The number of carbonyl (C=O) groups excluding carboxylic acids is 1. The fraction of sp³-hybridized carbons (Fsp3) is 0.200. The third-order valence-electron chi connectivity index (χ3n) is 5.32. The number of hydrogen-bond donors (Lipinski definition) is 1. The Hall–Kier alpha value is -4.00. The number of aryl methyl sites for hydroxylation is 2. The van der Waals surface area contributed by atoms with E-state index in [1.807, 2.05) is 62.4 Å². The van der Waals surface area contributed by atoms with E-state index in [1.165, 1.54) is 9.13 Å². The topological polar surface area (TPSA) is 86.0 Å². The summed E-state index contributed by atoms with van der Waals surface area (Å²) in [5.74, 6) is -0.352. The number of aromatic nitrogens is 3. The van der Waals surface area contributed by atoms with Gasteiger partial charge in [-0.25, -0.2) is 4.98 Å². The molecule has 32 heavy (non-hydrogen) atoms. The molecule has 0 aliphatic rings. The lowest BCUT2D eigenvalue weighted by molar-refractivity contribution is -0.121. The standard InChI is InChI=1S/C25H24N4O3/c1-17-8-10-19(11-9-17)15-29-23-21(7-4-12-26-23)28(24(31)25(29)32)16-22(30)27-14-20-6-3-5-18(2)13-20/h3-13H,14-16H2,1-2H3,(H,27,30). The number of nitrogens with one attached hydrogen (secondary N) is 1. The van der Waals surface area contributed by atoms with Crippen molar-refractivity contribution in [2.45, 2.75) is 33.5 Å². The fourth-order valence-electron chi connectivity index (χ4n) is 3.65. The van der Waals surface area contributed by atoms with Crippen molar-refractivity contribution in [1.29, 1.82) is 0 Å². The highest BCUT2D eigenvalue weighted by Crippen LogP contribution is 2.11. The SMILES string of the molecule is Cc1ccc(Cn2c(=O)c(=O)n(CC(=O)NCc3cccc(C)c3)c3cccnc32)cc1. The molecule has 0 bridgehead atoms. The van der Waals surface area contributed by atoms with E-state index in [1.54, 1.807) is 18.3 Å². The molecule has 7 nitrogen and oxygen atoms in total. The van der Waals surface area contributed by atoms with E-state index in [4.69, 9.17) is 0 Å². The second-order valence-electron chi connectivity index (χ2n) is 7.88. The van der Waals surface area contributed by atoms with E-state index in [0.29, 0.717) is 17.7 Å². The summed E-state index contributed by atoms with van der Waals surface area (Å²) >= 11 is 0. The van der Waals surface area contributed by atoms with Gasteiger partial charge < -0.3 is 5.32 Å². The fourth-order valence-corrected chi connectivity index (χ4v) is 3.65. The molecule has 0 aliphatic heterocycles. The average Bonchev–Trinajstić information content (AvgIpc) is 2.79. The Bertz CT molecular complexity index is 1400. The predicted molar refractivity (Wildman–Crippen MR) is 124 cm³/mol. The van der Waals surface area contributed by atoms with Crippen LogP contribution in [0.1, 0.15) is 22.3 Å². The zero-order valence-corrected chi connectivity index (χ0v) is 18.0. The highest BCUT2D eigenvalue weighted by atomic mass is 16.2. The van der Waals surface area contributed by atoms with Crippen molar-refractivity contribution in [3.8, 4) is 0 Å². The molecule has 1 amide bonds. The summed E-state index contributed by atoms with van der Waals surface area (Å²) in [4.78, 5) is 42.8. The Kier molecular flexibility index (Phi) is 5.98. The summed E-state index contributed by atoms with van der Waals surface area (Å²) in [5.41, 5.74) is 3.41. The summed E-state index contributed by atoms with van der Waals surface area (Å²) in [5, 5.41) is 2.82. The molecule has 0 atom stereocenters. The van der Waals surface area contributed by atoms with Crippen LogP contribution in [0, 0.1) is 13.8 Å². The first-order chi connectivity index (χ1) is 15.4. The molecule has 0 saturated carbocycles. The molecule has 2 heterocycles. The van der Waals surface area contributed by atoms with Crippen molar-refractivity contribution in [3.63, 3.8) is 0 Å². The summed E-state index contributed by atoms with van der Waals surface area (Å²) in [6.07, 6.45) is 1.57. The number of amides is 1. The molecule has 0 radical (unpaired) electrons. The van der Waals surface area contributed by atoms with E-state index >= 15 is 0 Å². The lowest BCUT2D eigenvalue weighted by Gasteiger charge is -2.14. The molecule has 0 saturated heterocycles. The minimum absolute atomic E-state index is 0.224. The molecule has 0 fully saturated rings. The molecule has 2 aromatic carbocycles. The van der Waals surface area contributed by atoms with Gasteiger partial charge in [0.05, 0.1) is 12.1 Å². The number of nitrogens with zero attached hydrogens (tertiary/aromatic N) is 3. The number of rotatable bonds is 6. The lowest BCUT2D eigenvalue weighted by atomic mass is 10.1. The Morgan fingerprint density at radius 2 is 1.62 bits per heavy atom. The highest BCUT2D eigenvalue weighted by molar-refractivity contribution is 5.78. The van der Waals surface area contributed by atoms with Crippen LogP contribution in [0.15, 0.2) is 76.4 Å². The van der Waals surface area contributed by atoms with Gasteiger partial charge in [0.25, 0.3) is 0 Å². The molecule has 0 aliphatic carbocycles. The maximum Gasteiger partial charge on any atom is 0.318 e. The average molecular weight is 428 g/mol. The number of fused-ring (bicyclic) bond motifs is 1. The molecule has 0 spiro atoms. The minimum atomic E-state index is -0.747. The second-order valence-corrected chi connectivity index (χ2v) is 7.88. The lowest BCUT2D eigenvalue weighted by Crippen LogP contribution is -2.44. The zero-order valence-electron chi connectivity index (χ0n) is 18.0. The van der Waals surface area contributed by atoms with Crippen LogP contribution in [0.3, 0.4) is 0 Å². The zero-order chi connectivity index (χ0) is 22.7. The van der Waals surface area contributed by atoms with E-state index < -0.39 is 11.1 Å². The van der Waals surface area contributed by atoms with Gasteiger partial charge >= 0.3 is 11.1 Å². The first kappa shape index (κ1) is 21.2. The summed E-state index contributed by atoms with van der Waals surface area (Å²) in [6, 6.07) is 18.9. The highest BCUT2D eigenvalue weighted by Gasteiger charge is 2.16. The minimum Gasteiger partial charge on any atom is -0.350 e. The number of carbonyl (C=O) groups is 1. The van der Waals surface area contributed by atoms with E-state index in [9.17, 15) is 14.4 Å². The predicted octanol–water partition coefficient (Wildman–Crippen LogP) is 2.54. The third kappa shape index (κ3) is 4.51. The first-order valence-electron chi connectivity index (χ1n) is 10.4. The molecule has 4 aromatic rings. The van der Waals surface area contributed by atoms with Gasteiger partial charge in [-0.15, -0.1) is 0 Å². The van der Waals surface area contributed by atoms with Crippen molar-refractivity contribution < 1.29 is 4.79 Å². The van der Waals surface area contributed by atoms with E-state index in [2.05, 4.69) is 10.3 Å². The number of hydrogen-bond acceptors (Lipinski definition) is 4. The molecule has 1 N–H and O–H groups in total. The normalized spacial score (nSPS) is 10.9. The molecule has 162 valence electrons. The Labute approximate surface area is 185 Å². The Morgan fingerprint density at radius 3 is 2.38 bits per heavy atom. The Balaban J connectivity index is 1.64. The van der Waals surface area contributed by atoms with Gasteiger partial charge in [0.1, 0.15) is 6.54 Å². The molecule has 4 rings (SSSR count). The molecule has 7 heteroatoms. The maximum absolute atomic E-state index is 12.9. The van der Waals surface area contributed by atoms with Crippen LogP contribution in [0.4, 0.5) is 0 Å². The first-order valence-corrected chi connectivity index (χ1v) is 10.4. The summed E-state index contributed by atoms with van der Waals surface area (Å²) < 4.78 is 2.56. The molecule has 2 aromatic heterocycles. The maximum atomic E-state index is 12.9. The smallest absolute Gasteiger partial charge is 0.318 e. The number of benzene rings is 2. The van der Waals surface area contributed by atoms with E-state index in [0.717, 1.165) is 22.3 Å². The quantitative estimate of drug-likeness (QED) is 0.478. The van der Waals surface area contributed by atoms with Crippen molar-refractivity contribution in [1.82, 2.24) is 19.4 Å². The molecule has 0 unspecified atom stereocenters. The van der Waals surface area contributed by atoms with Gasteiger partial charge in [-0.05, 0) is 37.1 Å². The van der Waals surface area contributed by atoms with Crippen LogP contribution < -0.4 is 16.4 Å². The van der Waals surface area contributed by atoms with Gasteiger partial charge in [0.15, 0.2) is 5.65 Å². The Morgan fingerprint density at radius 1 is 0.875 bits per heavy atom.